The first-order valence-corrected chi connectivity index (χ1v) is 7.47. The minimum Gasteiger partial charge on any atom is -0.465 e. The first-order valence-electron chi connectivity index (χ1n) is 7.47. The number of methoxy groups -OCH3 is 1. The van der Waals surface area contributed by atoms with E-state index in [1.165, 1.54) is 7.11 Å². The van der Waals surface area contributed by atoms with E-state index in [9.17, 15) is 4.79 Å². The van der Waals surface area contributed by atoms with Crippen molar-refractivity contribution in [2.45, 2.75) is 51.2 Å². The van der Waals surface area contributed by atoms with E-state index in [0.29, 0.717) is 17.2 Å². The molecule has 0 spiro atoms. The number of allylic oxidation sites excluding steroid dienone is 1. The highest BCUT2D eigenvalue weighted by Gasteiger charge is 2.51. The third-order valence-corrected chi connectivity index (χ3v) is 4.68. The van der Waals surface area contributed by atoms with Crippen LogP contribution in [0.5, 0.6) is 0 Å². The predicted molar refractivity (Wildman–Crippen MR) is 78.3 cm³/mol. The van der Waals surface area contributed by atoms with Crippen LogP contribution in [0.1, 0.15) is 54.5 Å². The van der Waals surface area contributed by atoms with Gasteiger partial charge in [0.05, 0.1) is 24.7 Å². The third-order valence-electron chi connectivity index (χ3n) is 4.68. The van der Waals surface area contributed by atoms with E-state index in [0.717, 1.165) is 18.6 Å². The summed E-state index contributed by atoms with van der Waals surface area (Å²) in [6.45, 7) is 6.00. The normalized spacial score (nSPS) is 30.2. The summed E-state index contributed by atoms with van der Waals surface area (Å²) in [6, 6.07) is 1.83. The Hall–Kier alpha value is -1.55. The lowest BCUT2D eigenvalue weighted by Crippen LogP contribution is -2.27. The van der Waals surface area contributed by atoms with Gasteiger partial charge in [-0.25, -0.2) is 4.79 Å². The average Bonchev–Trinajstić information content (AvgIpc) is 2.93. The van der Waals surface area contributed by atoms with Crippen LogP contribution in [0, 0.1) is 12.8 Å². The average molecular weight is 290 g/mol. The number of esters is 1. The predicted octanol–water partition coefficient (Wildman–Crippen LogP) is 3.60. The van der Waals surface area contributed by atoms with Crippen molar-refractivity contribution in [2.75, 3.05) is 7.11 Å². The molecule has 0 aromatic carbocycles. The summed E-state index contributed by atoms with van der Waals surface area (Å²) < 4.78 is 16.9. The fourth-order valence-corrected chi connectivity index (χ4v) is 3.77. The van der Waals surface area contributed by atoms with Gasteiger partial charge in [-0.05, 0) is 39.7 Å². The first kappa shape index (κ1) is 14.4. The molecule has 0 radical (unpaired) electrons. The fraction of sp³-hybridized carbons (Fsp3) is 0.588. The molecule has 0 N–H and O–H groups in total. The molecule has 21 heavy (non-hydrogen) atoms. The molecule has 1 unspecified atom stereocenters. The first-order chi connectivity index (χ1) is 9.94. The highest BCUT2D eigenvalue weighted by atomic mass is 16.5. The molecular weight excluding hydrogens is 268 g/mol. The van der Waals surface area contributed by atoms with Crippen LogP contribution in [0.2, 0.25) is 0 Å². The highest BCUT2D eigenvalue weighted by Crippen LogP contribution is 2.51. The van der Waals surface area contributed by atoms with Gasteiger partial charge in [-0.2, -0.15) is 0 Å². The maximum Gasteiger partial charge on any atom is 0.341 e. The van der Waals surface area contributed by atoms with Crippen LogP contribution in [0.3, 0.4) is 0 Å². The van der Waals surface area contributed by atoms with Crippen LogP contribution in [0.15, 0.2) is 22.6 Å². The number of aryl methyl sites for hydroxylation is 1. The van der Waals surface area contributed by atoms with Gasteiger partial charge in [-0.1, -0.05) is 12.2 Å². The van der Waals surface area contributed by atoms with Crippen molar-refractivity contribution >= 4 is 5.97 Å². The van der Waals surface area contributed by atoms with Gasteiger partial charge in [0.1, 0.15) is 17.1 Å². The van der Waals surface area contributed by atoms with E-state index in [1.807, 2.05) is 6.07 Å². The van der Waals surface area contributed by atoms with Crippen molar-refractivity contribution in [3.05, 3.63) is 35.3 Å². The number of fused-ring (bicyclic) bond motifs is 1. The molecular formula is C17H22O4. The molecule has 1 aliphatic carbocycles. The summed E-state index contributed by atoms with van der Waals surface area (Å²) >= 11 is 0. The van der Waals surface area contributed by atoms with Crippen LogP contribution in [0.4, 0.5) is 0 Å². The van der Waals surface area contributed by atoms with E-state index < -0.39 is 0 Å². The van der Waals surface area contributed by atoms with E-state index in [2.05, 4.69) is 26.0 Å². The van der Waals surface area contributed by atoms with Gasteiger partial charge in [0.25, 0.3) is 0 Å². The Morgan fingerprint density at radius 1 is 1.43 bits per heavy atom. The Morgan fingerprint density at radius 3 is 2.90 bits per heavy atom. The van der Waals surface area contributed by atoms with E-state index in [4.69, 9.17) is 13.9 Å². The molecule has 0 amide bonds. The second-order valence-electron chi connectivity index (χ2n) is 6.44. The Labute approximate surface area is 125 Å². The molecule has 4 heteroatoms. The fourth-order valence-electron chi connectivity index (χ4n) is 3.77. The van der Waals surface area contributed by atoms with Gasteiger partial charge in [-0.15, -0.1) is 0 Å². The minimum absolute atomic E-state index is 0.144. The number of rotatable bonds is 2. The number of hydrogen-bond acceptors (Lipinski definition) is 4. The van der Waals surface area contributed by atoms with Gasteiger partial charge in [0.2, 0.25) is 0 Å². The monoisotopic (exact) mass is 290 g/mol. The van der Waals surface area contributed by atoms with Crippen LogP contribution in [0.25, 0.3) is 0 Å². The van der Waals surface area contributed by atoms with Gasteiger partial charge < -0.3 is 13.9 Å². The third kappa shape index (κ3) is 2.31. The number of carbonyl (C=O) groups excluding carboxylic acids is 1. The summed E-state index contributed by atoms with van der Waals surface area (Å²) in [5, 5.41) is 0. The van der Waals surface area contributed by atoms with Gasteiger partial charge in [0.15, 0.2) is 0 Å². The summed E-state index contributed by atoms with van der Waals surface area (Å²) in [5.74, 6) is 1.66. The number of furan rings is 1. The van der Waals surface area contributed by atoms with Crippen molar-refractivity contribution in [3.8, 4) is 0 Å². The molecule has 3 atom stereocenters. The van der Waals surface area contributed by atoms with Gasteiger partial charge in [0, 0.05) is 5.92 Å². The molecule has 2 aliphatic rings. The van der Waals surface area contributed by atoms with Crippen molar-refractivity contribution < 1.29 is 18.7 Å². The van der Waals surface area contributed by atoms with Crippen LogP contribution in [-0.4, -0.2) is 24.8 Å². The second kappa shape index (κ2) is 5.02. The molecule has 1 aliphatic heterocycles. The molecule has 3 rings (SSSR count). The molecule has 1 fully saturated rings. The van der Waals surface area contributed by atoms with Crippen molar-refractivity contribution in [1.82, 2.24) is 0 Å². The lowest BCUT2D eigenvalue weighted by Gasteiger charge is -2.27. The largest absolute Gasteiger partial charge is 0.465 e. The topological polar surface area (TPSA) is 48.7 Å². The molecule has 4 nitrogen and oxygen atoms in total. The standard InChI is InChI=1S/C17H22O4/c1-10-12(16(18)19-4)9-14(20-10)15-11-7-5-6-8-13(11)21-17(15,2)3/h6,8-9,11,13,15H,5,7H2,1-4H3/t11-,13+,15?/m0/s1. The maximum absolute atomic E-state index is 11.8. The van der Waals surface area contributed by atoms with Gasteiger partial charge >= 0.3 is 5.97 Å². The Balaban J connectivity index is 1.98. The van der Waals surface area contributed by atoms with Crippen LogP contribution >= 0.6 is 0 Å². The maximum atomic E-state index is 11.8. The molecule has 114 valence electrons. The lowest BCUT2D eigenvalue weighted by molar-refractivity contribution is -0.00760. The quantitative estimate of drug-likeness (QED) is 0.617. The van der Waals surface area contributed by atoms with E-state index in [1.54, 1.807) is 6.92 Å². The number of hydrogen-bond donors (Lipinski definition) is 0. The van der Waals surface area contributed by atoms with Crippen molar-refractivity contribution in [1.29, 1.82) is 0 Å². The Kier molecular flexibility index (Phi) is 3.44. The number of ether oxygens (including phenoxy) is 2. The highest BCUT2D eigenvalue weighted by molar-refractivity contribution is 5.90. The Bertz CT molecular complexity index is 582. The van der Waals surface area contributed by atoms with Gasteiger partial charge in [-0.3, -0.25) is 0 Å². The second-order valence-corrected chi connectivity index (χ2v) is 6.44. The zero-order valence-electron chi connectivity index (χ0n) is 13.0. The minimum atomic E-state index is -0.348. The number of carbonyl (C=O) groups is 1. The molecule has 1 aromatic rings. The van der Waals surface area contributed by atoms with E-state index >= 15 is 0 Å². The zero-order chi connectivity index (χ0) is 15.2. The Morgan fingerprint density at radius 2 is 2.19 bits per heavy atom. The smallest absolute Gasteiger partial charge is 0.341 e. The molecule has 2 heterocycles. The SMILES string of the molecule is COC(=O)c1cc(C2[C@H]3CCC=C[C@H]3OC2(C)C)oc1C. The lowest BCUT2D eigenvalue weighted by atomic mass is 9.75. The summed E-state index contributed by atoms with van der Waals surface area (Å²) in [5.41, 5.74) is 0.208. The van der Waals surface area contributed by atoms with Crippen LogP contribution in [-0.2, 0) is 9.47 Å². The summed E-state index contributed by atoms with van der Waals surface area (Å²) in [6.07, 6.45) is 6.65. The molecule has 0 bridgehead atoms. The summed E-state index contributed by atoms with van der Waals surface area (Å²) in [4.78, 5) is 11.8. The van der Waals surface area contributed by atoms with Crippen LogP contribution < -0.4 is 0 Å². The van der Waals surface area contributed by atoms with Crippen molar-refractivity contribution in [3.63, 3.8) is 0 Å². The van der Waals surface area contributed by atoms with Crippen molar-refractivity contribution in [2.24, 2.45) is 5.92 Å². The molecule has 1 aromatic heterocycles. The molecule has 0 saturated carbocycles. The summed E-state index contributed by atoms with van der Waals surface area (Å²) in [7, 11) is 1.39. The molecule has 1 saturated heterocycles. The van der Waals surface area contributed by atoms with E-state index in [-0.39, 0.29) is 23.6 Å². The zero-order valence-corrected chi connectivity index (χ0v) is 13.0.